The van der Waals surface area contributed by atoms with Gasteiger partial charge in [0.1, 0.15) is 0 Å². The van der Waals surface area contributed by atoms with Gasteiger partial charge in [0.05, 0.1) is 20.0 Å². The van der Waals surface area contributed by atoms with Crippen molar-refractivity contribution in [3.05, 3.63) is 47.5 Å². The number of benzene rings is 2. The molecule has 1 aromatic heterocycles. The zero-order chi connectivity index (χ0) is 21.0. The number of ether oxygens (including phenoxy) is 2. The van der Waals surface area contributed by atoms with Crippen molar-refractivity contribution in [2.24, 2.45) is 0 Å². The summed E-state index contributed by atoms with van der Waals surface area (Å²) in [6.07, 6.45) is 0. The van der Waals surface area contributed by atoms with Crippen molar-refractivity contribution in [3.8, 4) is 22.9 Å². The Morgan fingerprint density at radius 2 is 1.86 bits per heavy atom. The first-order valence-electron chi connectivity index (χ1n) is 8.85. The second-order valence-electron chi connectivity index (χ2n) is 6.40. The highest BCUT2D eigenvalue weighted by Crippen LogP contribution is 2.32. The number of hydrogen-bond donors (Lipinski definition) is 2. The summed E-state index contributed by atoms with van der Waals surface area (Å²) in [6, 6.07) is 11.3. The largest absolute Gasteiger partial charge is 0.493 e. The van der Waals surface area contributed by atoms with Gasteiger partial charge in [0, 0.05) is 11.3 Å². The predicted molar refractivity (Wildman–Crippen MR) is 114 cm³/mol. The highest BCUT2D eigenvalue weighted by molar-refractivity contribution is 7.99. The minimum Gasteiger partial charge on any atom is -0.493 e. The molecular weight excluding hydrogens is 390 g/mol. The Labute approximate surface area is 173 Å². The van der Waals surface area contributed by atoms with Crippen LogP contribution in [-0.2, 0) is 4.79 Å². The Hall–Kier alpha value is -3.20. The smallest absolute Gasteiger partial charge is 0.234 e. The van der Waals surface area contributed by atoms with Crippen LogP contribution >= 0.6 is 11.8 Å². The molecule has 0 atom stereocenters. The van der Waals surface area contributed by atoms with Crippen molar-refractivity contribution >= 4 is 23.4 Å². The van der Waals surface area contributed by atoms with Crippen LogP contribution in [0.3, 0.4) is 0 Å². The van der Waals surface area contributed by atoms with Crippen LogP contribution in [-0.4, -0.2) is 40.8 Å². The zero-order valence-corrected chi connectivity index (χ0v) is 17.5. The molecule has 0 unspecified atom stereocenters. The molecule has 0 spiro atoms. The fourth-order valence-electron chi connectivity index (χ4n) is 2.73. The molecule has 3 rings (SSSR count). The van der Waals surface area contributed by atoms with Gasteiger partial charge in [-0.15, -0.1) is 10.2 Å². The van der Waals surface area contributed by atoms with Gasteiger partial charge in [-0.3, -0.25) is 4.79 Å². The Morgan fingerprint density at radius 1 is 1.10 bits per heavy atom. The lowest BCUT2D eigenvalue weighted by molar-refractivity contribution is -0.113. The molecule has 8 nitrogen and oxygen atoms in total. The lowest BCUT2D eigenvalue weighted by atomic mass is 10.1. The van der Waals surface area contributed by atoms with Crippen LogP contribution in [0.25, 0.3) is 11.4 Å². The van der Waals surface area contributed by atoms with E-state index in [1.165, 1.54) is 16.4 Å². The van der Waals surface area contributed by atoms with Crippen LogP contribution in [0.15, 0.2) is 41.6 Å². The number of carbonyl (C=O) groups excluding carboxylic acids is 1. The van der Waals surface area contributed by atoms with Gasteiger partial charge in [0.15, 0.2) is 17.3 Å². The molecule has 2 aromatic carbocycles. The van der Waals surface area contributed by atoms with E-state index in [1.54, 1.807) is 26.4 Å². The summed E-state index contributed by atoms with van der Waals surface area (Å²) in [5, 5.41) is 11.6. The maximum absolute atomic E-state index is 12.3. The topological polar surface area (TPSA) is 104 Å². The third-order valence-electron chi connectivity index (χ3n) is 4.31. The molecule has 0 fully saturated rings. The SMILES string of the molecule is COc1ccc(-c2nnc(SCC(=O)Nc3cc(C)ccc3C)n2N)cc1OC. The maximum atomic E-state index is 12.3. The van der Waals surface area contributed by atoms with Gasteiger partial charge in [-0.25, -0.2) is 4.68 Å². The average molecular weight is 414 g/mol. The fourth-order valence-corrected chi connectivity index (χ4v) is 3.39. The molecule has 0 bridgehead atoms. The number of aromatic nitrogens is 3. The maximum Gasteiger partial charge on any atom is 0.234 e. The lowest BCUT2D eigenvalue weighted by Gasteiger charge is -2.10. The van der Waals surface area contributed by atoms with E-state index in [-0.39, 0.29) is 11.7 Å². The van der Waals surface area contributed by atoms with Crippen LogP contribution in [0.1, 0.15) is 11.1 Å². The molecule has 0 aliphatic rings. The number of carbonyl (C=O) groups is 1. The van der Waals surface area contributed by atoms with Gasteiger partial charge in [0.2, 0.25) is 11.1 Å². The Balaban J connectivity index is 1.70. The monoisotopic (exact) mass is 413 g/mol. The molecule has 0 aliphatic heterocycles. The number of nitrogens with zero attached hydrogens (tertiary/aromatic N) is 3. The summed E-state index contributed by atoms with van der Waals surface area (Å²) < 4.78 is 11.9. The summed E-state index contributed by atoms with van der Waals surface area (Å²) in [6.45, 7) is 3.94. The van der Waals surface area contributed by atoms with E-state index >= 15 is 0 Å². The molecule has 9 heteroatoms. The summed E-state index contributed by atoms with van der Waals surface area (Å²) in [5.74, 6) is 7.80. The third-order valence-corrected chi connectivity index (χ3v) is 5.25. The molecule has 3 aromatic rings. The Kier molecular flexibility index (Phi) is 6.28. The first kappa shape index (κ1) is 20.5. The first-order valence-corrected chi connectivity index (χ1v) is 9.84. The lowest BCUT2D eigenvalue weighted by Crippen LogP contribution is -2.17. The van der Waals surface area contributed by atoms with E-state index < -0.39 is 0 Å². The molecule has 0 saturated carbocycles. The van der Waals surface area contributed by atoms with Crippen LogP contribution in [0.5, 0.6) is 11.5 Å². The highest BCUT2D eigenvalue weighted by Gasteiger charge is 2.16. The molecule has 152 valence electrons. The van der Waals surface area contributed by atoms with E-state index in [9.17, 15) is 4.79 Å². The van der Waals surface area contributed by atoms with Gasteiger partial charge >= 0.3 is 0 Å². The highest BCUT2D eigenvalue weighted by atomic mass is 32.2. The van der Waals surface area contributed by atoms with Crippen molar-refractivity contribution in [2.75, 3.05) is 31.1 Å². The van der Waals surface area contributed by atoms with Crippen molar-refractivity contribution in [2.45, 2.75) is 19.0 Å². The Morgan fingerprint density at radius 3 is 2.59 bits per heavy atom. The molecule has 1 heterocycles. The molecule has 0 saturated heterocycles. The van der Waals surface area contributed by atoms with E-state index in [1.807, 2.05) is 38.1 Å². The van der Waals surface area contributed by atoms with Crippen LogP contribution in [0.4, 0.5) is 5.69 Å². The van der Waals surface area contributed by atoms with Gasteiger partial charge in [0.25, 0.3) is 0 Å². The third kappa shape index (κ3) is 4.62. The standard InChI is InChI=1S/C20H23N5O3S/c1-12-5-6-13(2)15(9-12)22-18(26)11-29-20-24-23-19(25(20)21)14-7-8-16(27-3)17(10-14)28-4/h5-10H,11,21H2,1-4H3,(H,22,26). The zero-order valence-electron chi connectivity index (χ0n) is 16.7. The van der Waals surface area contributed by atoms with Crippen LogP contribution in [0, 0.1) is 13.8 Å². The van der Waals surface area contributed by atoms with Crippen molar-refractivity contribution in [3.63, 3.8) is 0 Å². The van der Waals surface area contributed by atoms with E-state index in [0.29, 0.717) is 22.5 Å². The summed E-state index contributed by atoms with van der Waals surface area (Å²) >= 11 is 1.21. The minimum atomic E-state index is -0.139. The van der Waals surface area contributed by atoms with Crippen LogP contribution < -0.4 is 20.6 Å². The molecule has 29 heavy (non-hydrogen) atoms. The van der Waals surface area contributed by atoms with E-state index in [2.05, 4.69) is 15.5 Å². The van der Waals surface area contributed by atoms with Gasteiger partial charge in [-0.2, -0.15) is 0 Å². The van der Waals surface area contributed by atoms with Crippen LogP contribution in [0.2, 0.25) is 0 Å². The molecule has 1 amide bonds. The van der Waals surface area contributed by atoms with Crippen molar-refractivity contribution < 1.29 is 14.3 Å². The number of nitrogens with two attached hydrogens (primary N) is 1. The predicted octanol–water partition coefficient (Wildman–Crippen LogP) is 3.02. The summed E-state index contributed by atoms with van der Waals surface area (Å²) in [5.41, 5.74) is 3.62. The quantitative estimate of drug-likeness (QED) is 0.453. The number of anilines is 1. The summed E-state index contributed by atoms with van der Waals surface area (Å²) in [4.78, 5) is 12.3. The number of aryl methyl sites for hydroxylation is 2. The first-order chi connectivity index (χ1) is 13.9. The van der Waals surface area contributed by atoms with Gasteiger partial charge in [-0.1, -0.05) is 23.9 Å². The van der Waals surface area contributed by atoms with Crippen molar-refractivity contribution in [1.82, 2.24) is 14.9 Å². The number of methoxy groups -OCH3 is 2. The molecule has 0 aliphatic carbocycles. The van der Waals surface area contributed by atoms with Crippen molar-refractivity contribution in [1.29, 1.82) is 0 Å². The van der Waals surface area contributed by atoms with E-state index in [4.69, 9.17) is 15.3 Å². The second-order valence-corrected chi connectivity index (χ2v) is 7.34. The minimum absolute atomic E-state index is 0.139. The molecule has 0 radical (unpaired) electrons. The average Bonchev–Trinajstić information content (AvgIpc) is 3.09. The molecular formula is C20H23N5O3S. The van der Waals surface area contributed by atoms with E-state index in [0.717, 1.165) is 22.4 Å². The summed E-state index contributed by atoms with van der Waals surface area (Å²) in [7, 11) is 3.13. The number of nitrogen functional groups attached to an aromatic ring is 1. The number of thioether (sulfide) groups is 1. The second kappa shape index (κ2) is 8.87. The number of rotatable bonds is 7. The molecule has 3 N–H and O–H groups in total. The normalized spacial score (nSPS) is 10.6. The fraction of sp³-hybridized carbons (Fsp3) is 0.250. The number of amides is 1. The Bertz CT molecular complexity index is 1030. The van der Waals surface area contributed by atoms with Gasteiger partial charge in [-0.05, 0) is 49.2 Å². The number of hydrogen-bond acceptors (Lipinski definition) is 7. The number of nitrogens with one attached hydrogen (secondary N) is 1. The van der Waals surface area contributed by atoms with Gasteiger partial charge < -0.3 is 20.6 Å².